The molecule has 0 aromatic carbocycles. The van der Waals surface area contributed by atoms with Crippen molar-refractivity contribution in [1.82, 2.24) is 0 Å². The molecule has 5 aliphatic heterocycles. The molecule has 0 bridgehead atoms. The standard InChI is InChI=1S/C31H55NO22/c1-7-13(35)18(40)21(43)28(46-7)51-23-12(32)27(49-11(6-34)17(23)39)53-25-20(42)14(36)8(2)48-31(25)54-26-24(15(37)9(3)47-30(26)45-4)52-29-22(44)19(41)16(38)10(5-33)50-29/h7-31,33-44H,5-6,32H2,1-4H3/t7-,8-,9-,10+,11+,12+,13-,14-,15-,16+,17+,18+,19-,20+,21+,22+,23+,24+,25+,26+,27-,28-,29+,30+,31-/m0/s1. The molecule has 14 N–H and O–H groups in total. The fraction of sp³-hybridized carbons (Fsp3) is 1.00. The third-order valence-electron chi connectivity index (χ3n) is 10.5. The largest absolute Gasteiger partial charge is 0.394 e. The lowest BCUT2D eigenvalue weighted by atomic mass is 9.95. The van der Waals surface area contributed by atoms with E-state index in [1.807, 2.05) is 0 Å². The molecule has 0 unspecified atom stereocenters. The van der Waals surface area contributed by atoms with Crippen molar-refractivity contribution in [1.29, 1.82) is 0 Å². The summed E-state index contributed by atoms with van der Waals surface area (Å²) < 4.78 is 57.7. The Morgan fingerprint density at radius 2 is 0.833 bits per heavy atom. The van der Waals surface area contributed by atoms with Gasteiger partial charge in [0.25, 0.3) is 0 Å². The third-order valence-corrected chi connectivity index (χ3v) is 10.5. The van der Waals surface area contributed by atoms with Crippen LogP contribution in [-0.4, -0.2) is 235 Å². The average molecular weight is 794 g/mol. The first kappa shape index (κ1) is 44.2. The highest BCUT2D eigenvalue weighted by molar-refractivity contribution is 4.99. The number of ether oxygens (including phenoxy) is 10. The van der Waals surface area contributed by atoms with Crippen LogP contribution in [0.3, 0.4) is 0 Å². The minimum Gasteiger partial charge on any atom is -0.394 e. The van der Waals surface area contributed by atoms with Crippen LogP contribution >= 0.6 is 0 Å². The predicted molar refractivity (Wildman–Crippen MR) is 169 cm³/mol. The van der Waals surface area contributed by atoms with Gasteiger partial charge in [-0.1, -0.05) is 0 Å². The summed E-state index contributed by atoms with van der Waals surface area (Å²) in [5.74, 6) is 0. The number of aliphatic hydroxyl groups is 12. The Hall–Kier alpha value is -0.920. The molecular weight excluding hydrogens is 738 g/mol. The maximum absolute atomic E-state index is 11.3. The number of rotatable bonds is 11. The van der Waals surface area contributed by atoms with Gasteiger partial charge in [-0.2, -0.15) is 0 Å². The van der Waals surface area contributed by atoms with Crippen molar-refractivity contribution in [3.8, 4) is 0 Å². The first-order valence-electron chi connectivity index (χ1n) is 17.6. The normalized spacial score (nSPS) is 54.7. The molecule has 0 aromatic heterocycles. The zero-order chi connectivity index (χ0) is 39.9. The first-order valence-corrected chi connectivity index (χ1v) is 17.6. The van der Waals surface area contributed by atoms with Gasteiger partial charge in [-0.15, -0.1) is 0 Å². The second-order valence-corrected chi connectivity index (χ2v) is 14.2. The van der Waals surface area contributed by atoms with Crippen LogP contribution in [0, 0.1) is 0 Å². The molecular formula is C31H55NO22. The highest BCUT2D eigenvalue weighted by Crippen LogP contribution is 2.36. The smallest absolute Gasteiger partial charge is 0.187 e. The maximum atomic E-state index is 11.3. The zero-order valence-electron chi connectivity index (χ0n) is 29.9. The molecule has 25 atom stereocenters. The van der Waals surface area contributed by atoms with Crippen molar-refractivity contribution in [2.45, 2.75) is 174 Å². The van der Waals surface area contributed by atoms with Crippen LogP contribution in [0.5, 0.6) is 0 Å². The highest BCUT2D eigenvalue weighted by atomic mass is 16.8. The maximum Gasteiger partial charge on any atom is 0.187 e. The van der Waals surface area contributed by atoms with Crippen LogP contribution in [0.4, 0.5) is 0 Å². The van der Waals surface area contributed by atoms with Crippen molar-refractivity contribution in [2.24, 2.45) is 5.73 Å². The summed E-state index contributed by atoms with van der Waals surface area (Å²) in [5, 5.41) is 126. The molecule has 5 rings (SSSR count). The van der Waals surface area contributed by atoms with Crippen LogP contribution < -0.4 is 5.73 Å². The number of hydrogen-bond donors (Lipinski definition) is 13. The Bertz CT molecular complexity index is 1180. The van der Waals surface area contributed by atoms with Gasteiger partial charge in [0, 0.05) is 7.11 Å². The molecule has 5 fully saturated rings. The molecule has 0 aromatic rings. The van der Waals surface area contributed by atoms with Crippen LogP contribution in [0.25, 0.3) is 0 Å². The van der Waals surface area contributed by atoms with E-state index in [0.29, 0.717) is 0 Å². The fourth-order valence-corrected chi connectivity index (χ4v) is 7.04. The van der Waals surface area contributed by atoms with E-state index in [1.54, 1.807) is 0 Å². The van der Waals surface area contributed by atoms with Gasteiger partial charge in [0.15, 0.2) is 31.5 Å². The summed E-state index contributed by atoms with van der Waals surface area (Å²) in [4.78, 5) is 0. The average Bonchev–Trinajstić information content (AvgIpc) is 3.15. The molecule has 5 aliphatic rings. The number of methoxy groups -OCH3 is 1. The molecule has 23 nitrogen and oxygen atoms in total. The Morgan fingerprint density at radius 3 is 1.43 bits per heavy atom. The van der Waals surface area contributed by atoms with Crippen molar-refractivity contribution >= 4 is 0 Å². The van der Waals surface area contributed by atoms with E-state index >= 15 is 0 Å². The molecule has 23 heteroatoms. The SMILES string of the molecule is CO[C@@H]1O[C@@H](C)[C@H](O)[C@@H](O[C@H]2O[C@H](CO)[C@@H](O)[C@H](O)[C@H]2O)[C@H]1O[C@@H]1O[C@@H](C)[C@H](O)[C@@H](O)[C@H]1O[C@@H]1O[C@H](CO)[C@@H](O)[C@H](O[C@@H]2O[C@@H](C)[C@H](O)[C@@H](O)[C@H]2O)[C@H]1N. The van der Waals surface area contributed by atoms with Gasteiger partial charge < -0.3 is 114 Å². The molecule has 54 heavy (non-hydrogen) atoms. The molecule has 0 spiro atoms. The lowest BCUT2D eigenvalue weighted by Crippen LogP contribution is -2.69. The van der Waals surface area contributed by atoms with E-state index in [1.165, 1.54) is 27.9 Å². The van der Waals surface area contributed by atoms with Crippen molar-refractivity contribution < 1.29 is 109 Å². The van der Waals surface area contributed by atoms with E-state index < -0.39 is 167 Å². The van der Waals surface area contributed by atoms with E-state index in [0.717, 1.165) is 0 Å². The Balaban J connectivity index is 1.40. The third kappa shape index (κ3) is 8.74. The lowest BCUT2D eigenvalue weighted by molar-refractivity contribution is -0.400. The Kier molecular flexibility index (Phi) is 15.0. The summed E-state index contributed by atoms with van der Waals surface area (Å²) in [7, 11) is 1.23. The van der Waals surface area contributed by atoms with Gasteiger partial charge in [-0.25, -0.2) is 0 Å². The van der Waals surface area contributed by atoms with E-state index in [-0.39, 0.29) is 0 Å². The molecule has 0 amide bonds. The second-order valence-electron chi connectivity index (χ2n) is 14.2. The van der Waals surface area contributed by atoms with Gasteiger partial charge in [-0.3, -0.25) is 0 Å². The van der Waals surface area contributed by atoms with Gasteiger partial charge in [-0.05, 0) is 20.8 Å². The lowest BCUT2D eigenvalue weighted by Gasteiger charge is -2.50. The van der Waals surface area contributed by atoms with Crippen LogP contribution in [0.2, 0.25) is 0 Å². The van der Waals surface area contributed by atoms with Gasteiger partial charge >= 0.3 is 0 Å². The molecule has 5 saturated heterocycles. The van der Waals surface area contributed by atoms with Gasteiger partial charge in [0.05, 0.1) is 37.6 Å². The molecule has 0 saturated carbocycles. The monoisotopic (exact) mass is 793 g/mol. The van der Waals surface area contributed by atoms with E-state index in [9.17, 15) is 61.3 Å². The van der Waals surface area contributed by atoms with Crippen molar-refractivity contribution in [2.75, 3.05) is 20.3 Å². The highest BCUT2D eigenvalue weighted by Gasteiger charge is 2.56. The summed E-state index contributed by atoms with van der Waals surface area (Å²) in [6, 6.07) is -1.50. The number of nitrogens with two attached hydrogens (primary N) is 1. The first-order chi connectivity index (χ1) is 25.4. The van der Waals surface area contributed by atoms with Crippen molar-refractivity contribution in [3.63, 3.8) is 0 Å². The Labute approximate surface area is 309 Å². The summed E-state index contributed by atoms with van der Waals surface area (Å²) in [5.41, 5.74) is 6.43. The second kappa shape index (κ2) is 18.3. The predicted octanol–water partition coefficient (Wildman–Crippen LogP) is -8.22. The van der Waals surface area contributed by atoms with E-state index in [4.69, 9.17) is 53.1 Å². The van der Waals surface area contributed by atoms with Crippen LogP contribution in [-0.2, 0) is 47.4 Å². The fourth-order valence-electron chi connectivity index (χ4n) is 7.04. The summed E-state index contributed by atoms with van der Waals surface area (Å²) >= 11 is 0. The van der Waals surface area contributed by atoms with E-state index in [2.05, 4.69) is 0 Å². The van der Waals surface area contributed by atoms with Gasteiger partial charge in [0.2, 0.25) is 0 Å². The molecule has 316 valence electrons. The van der Waals surface area contributed by atoms with Crippen molar-refractivity contribution in [3.05, 3.63) is 0 Å². The number of aliphatic hydroxyl groups excluding tert-OH is 12. The number of hydrogen-bond acceptors (Lipinski definition) is 23. The Morgan fingerprint density at radius 1 is 0.407 bits per heavy atom. The topological polar surface area (TPSA) is 361 Å². The quantitative estimate of drug-likeness (QED) is 0.0923. The zero-order valence-corrected chi connectivity index (χ0v) is 29.9. The molecule has 0 aliphatic carbocycles. The minimum absolute atomic E-state index is 0.769. The van der Waals surface area contributed by atoms with Crippen LogP contribution in [0.1, 0.15) is 20.8 Å². The molecule has 0 radical (unpaired) electrons. The van der Waals surface area contributed by atoms with Crippen LogP contribution in [0.15, 0.2) is 0 Å². The minimum atomic E-state index is -1.87. The summed E-state index contributed by atoms with van der Waals surface area (Å²) in [6.07, 6.45) is -37.4. The molecule has 5 heterocycles. The van der Waals surface area contributed by atoms with Gasteiger partial charge in [0.1, 0.15) is 97.7 Å². The summed E-state index contributed by atoms with van der Waals surface area (Å²) in [6.45, 7) is 2.69.